The van der Waals surface area contributed by atoms with Crippen molar-refractivity contribution >= 4 is 32.5 Å². The molecule has 29 heavy (non-hydrogen) atoms. The molecule has 0 atom stereocenters. The smallest absolute Gasteiger partial charge is 0.322 e. The summed E-state index contributed by atoms with van der Waals surface area (Å²) in [4.78, 5) is 12.5. The standard InChI is InChI=1S/C21H17N3O4S/c1-29(26,27)18-8-4-7-17(13-18)20-23-24-21(28-20)22-19(25)12-14-9-10-15-5-2-3-6-16(15)11-14/h2-11,13H,12H2,1H3,(H,22,24,25). The van der Waals surface area contributed by atoms with Crippen LogP contribution in [0.15, 0.2) is 76.0 Å². The van der Waals surface area contributed by atoms with Crippen molar-refractivity contribution in [1.29, 1.82) is 0 Å². The van der Waals surface area contributed by atoms with E-state index in [1.165, 1.54) is 12.1 Å². The highest BCUT2D eigenvalue weighted by molar-refractivity contribution is 7.90. The van der Waals surface area contributed by atoms with Crippen molar-refractivity contribution in [3.8, 4) is 11.5 Å². The summed E-state index contributed by atoms with van der Waals surface area (Å²) < 4.78 is 28.9. The summed E-state index contributed by atoms with van der Waals surface area (Å²) in [7, 11) is -3.36. The predicted molar refractivity (Wildman–Crippen MR) is 109 cm³/mol. The molecule has 0 spiro atoms. The molecule has 3 aromatic carbocycles. The lowest BCUT2D eigenvalue weighted by Gasteiger charge is -2.03. The molecular formula is C21H17N3O4S. The number of nitrogens with one attached hydrogen (secondary N) is 1. The van der Waals surface area contributed by atoms with Gasteiger partial charge in [0, 0.05) is 11.8 Å². The number of anilines is 1. The van der Waals surface area contributed by atoms with Crippen LogP contribution < -0.4 is 5.32 Å². The van der Waals surface area contributed by atoms with Crippen molar-refractivity contribution in [2.45, 2.75) is 11.3 Å². The monoisotopic (exact) mass is 407 g/mol. The Balaban J connectivity index is 1.48. The lowest BCUT2D eigenvalue weighted by Crippen LogP contribution is -2.14. The molecule has 146 valence electrons. The number of amides is 1. The highest BCUT2D eigenvalue weighted by Crippen LogP contribution is 2.23. The number of carbonyl (C=O) groups excluding carboxylic acids is 1. The zero-order valence-corrected chi connectivity index (χ0v) is 16.3. The molecular weight excluding hydrogens is 390 g/mol. The van der Waals surface area contributed by atoms with Crippen molar-refractivity contribution in [1.82, 2.24) is 10.2 Å². The number of carbonyl (C=O) groups is 1. The van der Waals surface area contributed by atoms with Crippen molar-refractivity contribution < 1.29 is 17.6 Å². The number of rotatable bonds is 5. The van der Waals surface area contributed by atoms with Gasteiger partial charge >= 0.3 is 6.01 Å². The second kappa shape index (κ2) is 7.48. The fourth-order valence-electron chi connectivity index (χ4n) is 2.95. The summed E-state index contributed by atoms with van der Waals surface area (Å²) in [5, 5.41) is 12.4. The minimum Gasteiger partial charge on any atom is -0.403 e. The molecule has 1 aromatic heterocycles. The summed E-state index contributed by atoms with van der Waals surface area (Å²) in [5.41, 5.74) is 1.32. The van der Waals surface area contributed by atoms with Gasteiger partial charge in [0.25, 0.3) is 0 Å². The maximum Gasteiger partial charge on any atom is 0.322 e. The molecule has 4 aromatic rings. The Morgan fingerprint density at radius 2 is 1.76 bits per heavy atom. The van der Waals surface area contributed by atoms with Crippen molar-refractivity contribution in [3.63, 3.8) is 0 Å². The molecule has 1 heterocycles. The third kappa shape index (κ3) is 4.33. The first-order valence-electron chi connectivity index (χ1n) is 8.80. The number of nitrogens with zero attached hydrogens (tertiary/aromatic N) is 2. The molecule has 4 rings (SSSR count). The normalized spacial score (nSPS) is 11.5. The molecule has 0 saturated carbocycles. The lowest BCUT2D eigenvalue weighted by atomic mass is 10.1. The van der Waals surface area contributed by atoms with Gasteiger partial charge in [-0.2, -0.15) is 0 Å². The summed E-state index contributed by atoms with van der Waals surface area (Å²) in [6, 6.07) is 19.9. The van der Waals surface area contributed by atoms with Gasteiger partial charge < -0.3 is 4.42 Å². The minimum absolute atomic E-state index is 0.0458. The summed E-state index contributed by atoms with van der Waals surface area (Å²) in [5.74, 6) is -0.170. The van der Waals surface area contributed by atoms with Crippen LogP contribution >= 0.6 is 0 Å². The number of hydrogen-bond donors (Lipinski definition) is 1. The first-order valence-corrected chi connectivity index (χ1v) is 10.7. The predicted octanol–water partition coefficient (Wildman–Crippen LogP) is 3.47. The van der Waals surface area contributed by atoms with Crippen LogP contribution in [-0.2, 0) is 21.1 Å². The van der Waals surface area contributed by atoms with Gasteiger partial charge in [0.05, 0.1) is 11.3 Å². The average molecular weight is 407 g/mol. The topological polar surface area (TPSA) is 102 Å². The van der Waals surface area contributed by atoms with E-state index < -0.39 is 9.84 Å². The maximum atomic E-state index is 12.3. The fraction of sp³-hybridized carbons (Fsp3) is 0.0952. The molecule has 7 nitrogen and oxygen atoms in total. The second-order valence-electron chi connectivity index (χ2n) is 6.62. The van der Waals surface area contributed by atoms with E-state index in [1.54, 1.807) is 12.1 Å². The van der Waals surface area contributed by atoms with E-state index in [2.05, 4.69) is 15.5 Å². The molecule has 0 aliphatic carbocycles. The van der Waals surface area contributed by atoms with Crippen LogP contribution in [0.2, 0.25) is 0 Å². The van der Waals surface area contributed by atoms with Crippen LogP contribution in [0.4, 0.5) is 6.01 Å². The van der Waals surface area contributed by atoms with Crippen LogP contribution in [0.3, 0.4) is 0 Å². The number of fused-ring (bicyclic) bond motifs is 1. The lowest BCUT2D eigenvalue weighted by molar-refractivity contribution is -0.115. The molecule has 0 aliphatic rings. The van der Waals surface area contributed by atoms with Crippen LogP contribution in [0.5, 0.6) is 0 Å². The highest BCUT2D eigenvalue weighted by Gasteiger charge is 2.14. The Kier molecular flexibility index (Phi) is 4.85. The van der Waals surface area contributed by atoms with Crippen molar-refractivity contribution in [2.24, 2.45) is 0 Å². The Hall–Kier alpha value is -3.52. The van der Waals surface area contributed by atoms with Crippen LogP contribution in [0.1, 0.15) is 5.56 Å². The summed E-state index contributed by atoms with van der Waals surface area (Å²) in [6.07, 6.45) is 1.28. The molecule has 8 heteroatoms. The van der Waals surface area contributed by atoms with Gasteiger partial charge in [-0.1, -0.05) is 53.6 Å². The molecule has 0 fully saturated rings. The Bertz CT molecular complexity index is 1310. The number of benzene rings is 3. The summed E-state index contributed by atoms with van der Waals surface area (Å²) in [6.45, 7) is 0. The Morgan fingerprint density at radius 3 is 2.55 bits per heavy atom. The van der Waals surface area contributed by atoms with Gasteiger partial charge in [-0.25, -0.2) is 8.42 Å². The maximum absolute atomic E-state index is 12.3. The second-order valence-corrected chi connectivity index (χ2v) is 8.63. The SMILES string of the molecule is CS(=O)(=O)c1cccc(-c2nnc(NC(=O)Cc3ccc4ccccc4c3)o2)c1. The molecule has 0 saturated heterocycles. The van der Waals surface area contributed by atoms with E-state index >= 15 is 0 Å². The van der Waals surface area contributed by atoms with Crippen LogP contribution in [0, 0.1) is 0 Å². The quantitative estimate of drug-likeness (QED) is 0.543. The third-order valence-corrected chi connectivity index (χ3v) is 5.47. The Morgan fingerprint density at radius 1 is 0.966 bits per heavy atom. The van der Waals surface area contributed by atoms with Crippen molar-refractivity contribution in [2.75, 3.05) is 11.6 Å². The van der Waals surface area contributed by atoms with E-state index in [1.807, 2.05) is 42.5 Å². The number of hydrogen-bond acceptors (Lipinski definition) is 6. The van der Waals surface area contributed by atoms with Gasteiger partial charge in [0.15, 0.2) is 9.84 Å². The summed E-state index contributed by atoms with van der Waals surface area (Å²) >= 11 is 0. The zero-order valence-electron chi connectivity index (χ0n) is 15.5. The molecule has 1 amide bonds. The third-order valence-electron chi connectivity index (χ3n) is 4.36. The van der Waals surface area contributed by atoms with E-state index in [9.17, 15) is 13.2 Å². The van der Waals surface area contributed by atoms with E-state index in [0.29, 0.717) is 5.56 Å². The van der Waals surface area contributed by atoms with Crippen molar-refractivity contribution in [3.05, 3.63) is 72.3 Å². The van der Waals surface area contributed by atoms with E-state index in [-0.39, 0.29) is 29.1 Å². The molecule has 0 radical (unpaired) electrons. The average Bonchev–Trinajstić information content (AvgIpc) is 3.15. The van der Waals surface area contributed by atoms with Crippen LogP contribution in [-0.4, -0.2) is 30.8 Å². The zero-order chi connectivity index (χ0) is 20.4. The largest absolute Gasteiger partial charge is 0.403 e. The first kappa shape index (κ1) is 18.8. The first-order chi connectivity index (χ1) is 13.9. The minimum atomic E-state index is -3.36. The van der Waals surface area contributed by atoms with E-state index in [4.69, 9.17) is 4.42 Å². The fourth-order valence-corrected chi connectivity index (χ4v) is 3.61. The van der Waals surface area contributed by atoms with Gasteiger partial charge in [-0.05, 0) is 34.5 Å². The highest BCUT2D eigenvalue weighted by atomic mass is 32.2. The van der Waals surface area contributed by atoms with E-state index in [0.717, 1.165) is 22.6 Å². The number of sulfone groups is 1. The number of aromatic nitrogens is 2. The van der Waals surface area contributed by atoms with Gasteiger partial charge in [-0.3, -0.25) is 10.1 Å². The molecule has 0 bridgehead atoms. The van der Waals surface area contributed by atoms with Crippen LogP contribution in [0.25, 0.3) is 22.2 Å². The molecule has 0 aliphatic heterocycles. The molecule has 1 N–H and O–H groups in total. The van der Waals surface area contributed by atoms with Gasteiger partial charge in [-0.15, -0.1) is 5.10 Å². The Labute approximate surface area is 167 Å². The molecule has 0 unspecified atom stereocenters. The van der Waals surface area contributed by atoms with Gasteiger partial charge in [0.2, 0.25) is 11.8 Å². The van der Waals surface area contributed by atoms with Gasteiger partial charge in [0.1, 0.15) is 0 Å².